The predicted molar refractivity (Wildman–Crippen MR) is 9.35 cm³/mol. The molecular formula is H2MgMnO2-4. The molecule has 27 valence electrons. The third-order valence-electron chi connectivity index (χ3n) is 0. The zero-order chi connectivity index (χ0) is 0. The molecule has 0 aliphatic carbocycles. The molecule has 0 aromatic carbocycles. The Hall–Kier alpha value is 1.21. The Morgan fingerprint density at radius 1 is 1.00 bits per heavy atom. The molecular weight excluding hydrogens is 111 g/mol. The Labute approximate surface area is 54.2 Å². The second-order valence-electron chi connectivity index (χ2n) is 0. The minimum Gasteiger partial charge on any atom is -2.00 e. The molecule has 0 aliphatic heterocycles. The third-order valence-corrected chi connectivity index (χ3v) is 0. The van der Waals surface area contributed by atoms with Crippen LogP contribution < -0.4 is 0 Å². The number of hydrogen-bond acceptors (Lipinski definition) is 0. The largest absolute Gasteiger partial charge is 2.00 e. The second kappa shape index (κ2) is 29.7. The fourth-order valence-corrected chi connectivity index (χ4v) is 0. The maximum absolute atomic E-state index is 0. The molecule has 0 saturated heterocycles. The predicted octanol–water partition coefficient (Wildman–Crippen LogP) is -0.396. The molecule has 0 unspecified atom stereocenters. The molecule has 0 rings (SSSR count). The van der Waals surface area contributed by atoms with Crippen molar-refractivity contribution in [3.05, 3.63) is 0 Å². The van der Waals surface area contributed by atoms with E-state index in [0.29, 0.717) is 0 Å². The van der Waals surface area contributed by atoms with Crippen LogP contribution in [-0.4, -0.2) is 23.1 Å². The van der Waals surface area contributed by atoms with Crippen molar-refractivity contribution < 1.29 is 30.9 Å². The Balaban J connectivity index is 0. The average molecular weight is 113 g/mol. The molecule has 0 saturated carbocycles. The van der Waals surface area contributed by atoms with E-state index < -0.39 is 0 Å². The van der Waals surface area contributed by atoms with E-state index in [1.165, 1.54) is 0 Å². The van der Waals surface area contributed by atoms with E-state index in [4.69, 9.17) is 0 Å². The first-order valence-electron chi connectivity index (χ1n) is 0. The van der Waals surface area contributed by atoms with Gasteiger partial charge in [-0.3, -0.25) is 0 Å². The Bertz CT molecular complexity index is 11.5. The first kappa shape index (κ1) is 63.3. The first-order valence-corrected chi connectivity index (χ1v) is 0. The molecule has 0 spiro atoms. The Morgan fingerprint density at radius 2 is 1.00 bits per heavy atom. The standard InChI is InChI=1S/Mg.Mn.2O.2H/q+2;;2*-2;2*-1. The monoisotopic (exact) mass is 113 g/mol. The van der Waals surface area contributed by atoms with Gasteiger partial charge < -0.3 is 13.8 Å². The van der Waals surface area contributed by atoms with Gasteiger partial charge in [0.15, 0.2) is 0 Å². The Kier molecular flexibility index (Phi) is 471. The first-order chi connectivity index (χ1) is 0. The van der Waals surface area contributed by atoms with Crippen LogP contribution >= 0.6 is 0 Å². The van der Waals surface area contributed by atoms with Gasteiger partial charge in [-0.25, -0.2) is 0 Å². The summed E-state index contributed by atoms with van der Waals surface area (Å²) in [4.78, 5) is 0. The van der Waals surface area contributed by atoms with Crippen molar-refractivity contribution in [2.75, 3.05) is 0 Å². The molecule has 0 aromatic rings. The Morgan fingerprint density at radius 3 is 1.00 bits per heavy atom. The van der Waals surface area contributed by atoms with E-state index in [9.17, 15) is 0 Å². The van der Waals surface area contributed by atoms with E-state index in [2.05, 4.69) is 0 Å². The molecule has 0 aliphatic rings. The summed E-state index contributed by atoms with van der Waals surface area (Å²) in [7, 11) is 0. The van der Waals surface area contributed by atoms with Crippen molar-refractivity contribution >= 4 is 23.1 Å². The molecule has 0 fully saturated rings. The van der Waals surface area contributed by atoms with E-state index in [1.54, 1.807) is 0 Å². The molecule has 0 N–H and O–H groups in total. The second-order valence-corrected chi connectivity index (χ2v) is 0. The summed E-state index contributed by atoms with van der Waals surface area (Å²) >= 11 is 0. The molecule has 0 bridgehead atoms. The molecule has 0 heterocycles. The minimum atomic E-state index is 0. The fraction of sp³-hybridized carbons (Fsp3) is 0. The van der Waals surface area contributed by atoms with Crippen LogP contribution in [0.4, 0.5) is 0 Å². The summed E-state index contributed by atoms with van der Waals surface area (Å²) in [5.74, 6) is 0. The van der Waals surface area contributed by atoms with Gasteiger partial charge in [0.25, 0.3) is 0 Å². The van der Waals surface area contributed by atoms with Crippen molar-refractivity contribution in [2.24, 2.45) is 0 Å². The summed E-state index contributed by atoms with van der Waals surface area (Å²) in [6.45, 7) is 0. The van der Waals surface area contributed by atoms with E-state index >= 15 is 0 Å². The van der Waals surface area contributed by atoms with E-state index in [-0.39, 0.29) is 53.9 Å². The summed E-state index contributed by atoms with van der Waals surface area (Å²) in [5, 5.41) is 0. The van der Waals surface area contributed by atoms with Crippen LogP contribution in [0.2, 0.25) is 0 Å². The van der Waals surface area contributed by atoms with Gasteiger partial charge in [0.2, 0.25) is 0 Å². The van der Waals surface area contributed by atoms with Crippen LogP contribution in [0.5, 0.6) is 0 Å². The molecule has 4 heavy (non-hydrogen) atoms. The van der Waals surface area contributed by atoms with Gasteiger partial charge in [-0.15, -0.1) is 0 Å². The molecule has 4 heteroatoms. The van der Waals surface area contributed by atoms with Crippen LogP contribution in [0.15, 0.2) is 0 Å². The van der Waals surface area contributed by atoms with Gasteiger partial charge in [0.1, 0.15) is 0 Å². The summed E-state index contributed by atoms with van der Waals surface area (Å²) < 4.78 is 0. The van der Waals surface area contributed by atoms with Crippen molar-refractivity contribution in [2.45, 2.75) is 0 Å². The number of rotatable bonds is 0. The number of hydrogen-bond donors (Lipinski definition) is 0. The molecule has 0 amide bonds. The van der Waals surface area contributed by atoms with Crippen LogP contribution in [0.25, 0.3) is 0 Å². The van der Waals surface area contributed by atoms with Crippen LogP contribution in [0.1, 0.15) is 2.85 Å². The van der Waals surface area contributed by atoms with Crippen molar-refractivity contribution in [3.8, 4) is 0 Å². The molecule has 1 radical (unpaired) electrons. The topological polar surface area (TPSA) is 57.0 Å². The zero-order valence-electron chi connectivity index (χ0n) is 3.90. The van der Waals surface area contributed by atoms with Crippen LogP contribution in [0, 0.1) is 0 Å². The zero-order valence-corrected chi connectivity index (χ0v) is 4.50. The van der Waals surface area contributed by atoms with Crippen molar-refractivity contribution in [3.63, 3.8) is 0 Å². The fourth-order valence-electron chi connectivity index (χ4n) is 0. The summed E-state index contributed by atoms with van der Waals surface area (Å²) in [6, 6.07) is 0. The third kappa shape index (κ3) is 10.7. The average Bonchev–Trinajstić information content (AvgIpc) is 0. The van der Waals surface area contributed by atoms with Gasteiger partial charge in [0.05, 0.1) is 0 Å². The SMILES string of the molecule is [H-].[H-].[Mg+2].[Mn].[O-2].[O-2]. The van der Waals surface area contributed by atoms with Gasteiger partial charge in [0, 0.05) is 17.1 Å². The maximum atomic E-state index is 0. The summed E-state index contributed by atoms with van der Waals surface area (Å²) in [6.07, 6.45) is 0. The smallest absolute Gasteiger partial charge is 2.00 e. The van der Waals surface area contributed by atoms with E-state index in [1.807, 2.05) is 0 Å². The quantitative estimate of drug-likeness (QED) is 0.384. The maximum Gasteiger partial charge on any atom is 2.00 e. The van der Waals surface area contributed by atoms with Gasteiger partial charge in [-0.1, -0.05) is 0 Å². The minimum absolute atomic E-state index is 0. The van der Waals surface area contributed by atoms with Crippen molar-refractivity contribution in [1.82, 2.24) is 0 Å². The van der Waals surface area contributed by atoms with Crippen LogP contribution in [-0.2, 0) is 28.0 Å². The van der Waals surface area contributed by atoms with Crippen molar-refractivity contribution in [1.29, 1.82) is 0 Å². The molecule has 0 aromatic heterocycles. The summed E-state index contributed by atoms with van der Waals surface area (Å²) in [5.41, 5.74) is 0. The molecule has 0 atom stereocenters. The van der Waals surface area contributed by atoms with Crippen LogP contribution in [0.3, 0.4) is 0 Å². The van der Waals surface area contributed by atoms with E-state index in [0.717, 1.165) is 0 Å². The van der Waals surface area contributed by atoms with Gasteiger partial charge in [-0.05, 0) is 0 Å². The van der Waals surface area contributed by atoms with Gasteiger partial charge in [-0.2, -0.15) is 0 Å². The van der Waals surface area contributed by atoms with Gasteiger partial charge >= 0.3 is 23.1 Å². The normalized spacial score (nSPS) is 0. The molecule has 2 nitrogen and oxygen atoms in total.